The lowest BCUT2D eigenvalue weighted by atomic mass is 10.1. The van der Waals surface area contributed by atoms with Gasteiger partial charge < -0.3 is 5.11 Å². The summed E-state index contributed by atoms with van der Waals surface area (Å²) in [5.41, 5.74) is 0.826. The molecule has 0 heterocycles. The molecule has 0 aromatic heterocycles. The first kappa shape index (κ1) is 10.2. The molecule has 0 aliphatic carbocycles. The van der Waals surface area contributed by atoms with E-state index < -0.39 is 11.8 Å². The molecule has 0 saturated carbocycles. The topological polar surface area (TPSA) is 37.3 Å². The summed E-state index contributed by atoms with van der Waals surface area (Å²) in [5.74, 6) is -1.58. The molecule has 0 unspecified atom stereocenters. The van der Waals surface area contributed by atoms with E-state index >= 15 is 0 Å². The SMILES string of the molecule is Cc1cc(F)c(CBr)c(C(=O)O)c1. The van der Waals surface area contributed by atoms with Crippen LogP contribution in [0.1, 0.15) is 21.5 Å². The molecule has 1 rings (SSSR count). The highest BCUT2D eigenvalue weighted by molar-refractivity contribution is 9.08. The summed E-state index contributed by atoms with van der Waals surface area (Å²) in [7, 11) is 0. The molecule has 13 heavy (non-hydrogen) atoms. The van der Waals surface area contributed by atoms with E-state index in [2.05, 4.69) is 15.9 Å². The van der Waals surface area contributed by atoms with Crippen LogP contribution >= 0.6 is 15.9 Å². The maximum atomic E-state index is 13.2. The molecule has 1 N–H and O–H groups in total. The second kappa shape index (κ2) is 3.87. The first-order chi connectivity index (χ1) is 6.06. The van der Waals surface area contributed by atoms with E-state index in [1.807, 2.05) is 0 Å². The number of hydrogen-bond donors (Lipinski definition) is 1. The fraction of sp³-hybridized carbons (Fsp3) is 0.222. The van der Waals surface area contributed by atoms with Gasteiger partial charge in [-0.2, -0.15) is 0 Å². The van der Waals surface area contributed by atoms with Crippen LogP contribution in [0.25, 0.3) is 0 Å². The quantitative estimate of drug-likeness (QED) is 0.816. The Kier molecular flexibility index (Phi) is 3.03. The predicted octanol–water partition coefficient (Wildman–Crippen LogP) is 2.73. The van der Waals surface area contributed by atoms with Crippen molar-refractivity contribution in [2.75, 3.05) is 0 Å². The number of aryl methyl sites for hydroxylation is 1. The Balaban J connectivity index is 3.38. The van der Waals surface area contributed by atoms with E-state index in [0.29, 0.717) is 5.56 Å². The van der Waals surface area contributed by atoms with Crippen LogP contribution in [0.5, 0.6) is 0 Å². The van der Waals surface area contributed by atoms with Crippen molar-refractivity contribution in [3.05, 3.63) is 34.6 Å². The number of hydrogen-bond acceptors (Lipinski definition) is 1. The number of benzene rings is 1. The third-order valence-corrected chi connectivity index (χ3v) is 2.26. The lowest BCUT2D eigenvalue weighted by molar-refractivity contribution is 0.0695. The third-order valence-electron chi connectivity index (χ3n) is 1.70. The minimum atomic E-state index is -1.10. The van der Waals surface area contributed by atoms with Crippen LogP contribution < -0.4 is 0 Å². The Morgan fingerprint density at radius 2 is 2.23 bits per heavy atom. The monoisotopic (exact) mass is 246 g/mol. The standard InChI is InChI=1S/C9H8BrFO2/c1-5-2-6(9(12)13)7(4-10)8(11)3-5/h2-3H,4H2,1H3,(H,12,13). The Morgan fingerprint density at radius 3 is 2.69 bits per heavy atom. The van der Waals surface area contributed by atoms with E-state index in [-0.39, 0.29) is 16.5 Å². The molecule has 0 aliphatic rings. The van der Waals surface area contributed by atoms with Gasteiger partial charge in [-0.05, 0) is 24.6 Å². The van der Waals surface area contributed by atoms with Crippen LogP contribution in [0.4, 0.5) is 4.39 Å². The summed E-state index contributed by atoms with van der Waals surface area (Å²) in [6, 6.07) is 2.78. The number of carboxylic acid groups (broad SMARTS) is 1. The molecule has 0 amide bonds. The Morgan fingerprint density at radius 1 is 1.62 bits per heavy atom. The predicted molar refractivity (Wildman–Crippen MR) is 50.7 cm³/mol. The molecule has 1 aromatic carbocycles. The highest BCUT2D eigenvalue weighted by Gasteiger charge is 2.13. The van der Waals surface area contributed by atoms with Gasteiger partial charge in [-0.15, -0.1) is 0 Å². The summed E-state index contributed by atoms with van der Waals surface area (Å²) in [4.78, 5) is 10.7. The van der Waals surface area contributed by atoms with Gasteiger partial charge in [0.2, 0.25) is 0 Å². The maximum absolute atomic E-state index is 13.2. The largest absolute Gasteiger partial charge is 0.478 e. The highest BCUT2D eigenvalue weighted by Crippen LogP contribution is 2.19. The molecule has 4 heteroatoms. The lowest BCUT2D eigenvalue weighted by Gasteiger charge is -2.05. The van der Waals surface area contributed by atoms with E-state index in [0.717, 1.165) is 0 Å². The summed E-state index contributed by atoms with van der Waals surface area (Å²) in [6.45, 7) is 1.66. The zero-order chi connectivity index (χ0) is 10.0. The van der Waals surface area contributed by atoms with E-state index in [1.54, 1.807) is 6.92 Å². The van der Waals surface area contributed by atoms with Crippen LogP contribution in [-0.2, 0) is 5.33 Å². The van der Waals surface area contributed by atoms with E-state index in [4.69, 9.17) is 5.11 Å². The van der Waals surface area contributed by atoms with Gasteiger partial charge in [0.15, 0.2) is 0 Å². The van der Waals surface area contributed by atoms with Gasteiger partial charge in [0.25, 0.3) is 0 Å². The fourth-order valence-electron chi connectivity index (χ4n) is 1.10. The molecule has 2 nitrogen and oxygen atoms in total. The summed E-state index contributed by atoms with van der Waals surface area (Å²) < 4.78 is 13.2. The molecule has 0 saturated heterocycles. The molecule has 0 fully saturated rings. The summed E-state index contributed by atoms with van der Waals surface area (Å²) >= 11 is 3.05. The summed E-state index contributed by atoms with van der Waals surface area (Å²) in [5, 5.41) is 8.97. The van der Waals surface area contributed by atoms with Gasteiger partial charge in [0.1, 0.15) is 5.82 Å². The van der Waals surface area contributed by atoms with Crippen LogP contribution in [0.15, 0.2) is 12.1 Å². The number of carbonyl (C=O) groups is 1. The van der Waals surface area contributed by atoms with Gasteiger partial charge in [0, 0.05) is 10.9 Å². The number of alkyl halides is 1. The normalized spacial score (nSPS) is 10.1. The molecule has 0 atom stereocenters. The Labute approximate surface area is 83.5 Å². The average molecular weight is 247 g/mol. The van der Waals surface area contributed by atoms with Crippen LogP contribution in [0.3, 0.4) is 0 Å². The molecule has 70 valence electrons. The van der Waals surface area contributed by atoms with Crippen LogP contribution in [0, 0.1) is 12.7 Å². The molecule has 0 spiro atoms. The Bertz CT molecular complexity index is 350. The number of halogens is 2. The zero-order valence-electron chi connectivity index (χ0n) is 6.97. The van der Waals surface area contributed by atoms with Gasteiger partial charge in [0.05, 0.1) is 5.56 Å². The van der Waals surface area contributed by atoms with Gasteiger partial charge in [-0.3, -0.25) is 0 Å². The smallest absolute Gasteiger partial charge is 0.336 e. The number of carboxylic acids is 1. The van der Waals surface area contributed by atoms with Crippen molar-refractivity contribution >= 4 is 21.9 Å². The molecule has 0 aliphatic heterocycles. The van der Waals surface area contributed by atoms with E-state index in [1.165, 1.54) is 12.1 Å². The third kappa shape index (κ3) is 2.06. The highest BCUT2D eigenvalue weighted by atomic mass is 79.9. The fourth-order valence-corrected chi connectivity index (χ4v) is 1.67. The van der Waals surface area contributed by atoms with Crippen molar-refractivity contribution in [1.82, 2.24) is 0 Å². The van der Waals surface area contributed by atoms with E-state index in [9.17, 15) is 9.18 Å². The Hall–Kier alpha value is -0.900. The molecule has 0 bridgehead atoms. The number of aromatic carboxylic acids is 1. The van der Waals surface area contributed by atoms with Crippen molar-refractivity contribution in [2.45, 2.75) is 12.3 Å². The van der Waals surface area contributed by atoms with Gasteiger partial charge >= 0.3 is 5.97 Å². The minimum absolute atomic E-state index is 0.0226. The first-order valence-corrected chi connectivity index (χ1v) is 4.76. The maximum Gasteiger partial charge on any atom is 0.336 e. The van der Waals surface area contributed by atoms with Crippen molar-refractivity contribution < 1.29 is 14.3 Å². The molecular weight excluding hydrogens is 239 g/mol. The molecule has 1 aromatic rings. The second-order valence-corrected chi connectivity index (χ2v) is 3.27. The molecule has 0 radical (unpaired) electrons. The number of rotatable bonds is 2. The minimum Gasteiger partial charge on any atom is -0.478 e. The first-order valence-electron chi connectivity index (χ1n) is 3.64. The van der Waals surface area contributed by atoms with Crippen LogP contribution in [0.2, 0.25) is 0 Å². The van der Waals surface area contributed by atoms with Crippen LogP contribution in [-0.4, -0.2) is 11.1 Å². The second-order valence-electron chi connectivity index (χ2n) is 2.71. The van der Waals surface area contributed by atoms with Crippen molar-refractivity contribution in [3.63, 3.8) is 0 Å². The summed E-state index contributed by atoms with van der Waals surface area (Å²) in [6.07, 6.45) is 0. The van der Waals surface area contributed by atoms with Crippen molar-refractivity contribution in [2.24, 2.45) is 0 Å². The van der Waals surface area contributed by atoms with Crippen molar-refractivity contribution in [1.29, 1.82) is 0 Å². The zero-order valence-corrected chi connectivity index (χ0v) is 8.56. The molecular formula is C9H8BrFO2. The lowest BCUT2D eigenvalue weighted by Crippen LogP contribution is -2.04. The van der Waals surface area contributed by atoms with Gasteiger partial charge in [-0.1, -0.05) is 15.9 Å². The van der Waals surface area contributed by atoms with Crippen molar-refractivity contribution in [3.8, 4) is 0 Å². The van der Waals surface area contributed by atoms with Gasteiger partial charge in [-0.25, -0.2) is 9.18 Å². The average Bonchev–Trinajstić information content (AvgIpc) is 2.02.